The Morgan fingerprint density at radius 1 is 1.38 bits per heavy atom. The van der Waals surface area contributed by atoms with Crippen molar-refractivity contribution in [3.05, 3.63) is 46.6 Å². The van der Waals surface area contributed by atoms with Gasteiger partial charge in [-0.15, -0.1) is 0 Å². The second kappa shape index (κ2) is 7.55. The largest absolute Gasteiger partial charge is 0.502 e. The van der Waals surface area contributed by atoms with Gasteiger partial charge in [-0.1, -0.05) is 35.8 Å². The van der Waals surface area contributed by atoms with Gasteiger partial charge in [0, 0.05) is 16.6 Å². The normalized spacial score (nSPS) is 10.1. The first-order valence-electron chi connectivity index (χ1n) is 5.11. The standard InChI is InChI=1S/C12H15Cl2NO/c1-2-16-7-3-6-15-9-10-4-5-11(13)8-12(10)14/h2,4-5,8,15H,1,3,6-7,9H2. The average Bonchev–Trinajstić information content (AvgIpc) is 2.26. The Bertz CT molecular complexity index is 342. The lowest BCUT2D eigenvalue weighted by atomic mass is 10.2. The molecule has 16 heavy (non-hydrogen) atoms. The van der Waals surface area contributed by atoms with E-state index in [2.05, 4.69) is 11.9 Å². The lowest BCUT2D eigenvalue weighted by Gasteiger charge is -2.07. The summed E-state index contributed by atoms with van der Waals surface area (Å²) in [4.78, 5) is 0. The highest BCUT2D eigenvalue weighted by atomic mass is 35.5. The minimum absolute atomic E-state index is 0.660. The smallest absolute Gasteiger partial charge is 0.0885 e. The van der Waals surface area contributed by atoms with Crippen molar-refractivity contribution in [2.24, 2.45) is 0 Å². The Morgan fingerprint density at radius 2 is 2.19 bits per heavy atom. The summed E-state index contributed by atoms with van der Waals surface area (Å²) in [6, 6.07) is 5.52. The first-order chi connectivity index (χ1) is 7.74. The number of nitrogens with one attached hydrogen (secondary N) is 1. The fourth-order valence-corrected chi connectivity index (χ4v) is 1.73. The number of hydrogen-bond donors (Lipinski definition) is 1. The summed E-state index contributed by atoms with van der Waals surface area (Å²) in [5.74, 6) is 0. The maximum Gasteiger partial charge on any atom is 0.0885 e. The van der Waals surface area contributed by atoms with Gasteiger partial charge in [0.2, 0.25) is 0 Å². The van der Waals surface area contributed by atoms with Crippen LogP contribution in [0.1, 0.15) is 12.0 Å². The Hall–Kier alpha value is -0.700. The number of hydrogen-bond acceptors (Lipinski definition) is 2. The van der Waals surface area contributed by atoms with Gasteiger partial charge >= 0.3 is 0 Å². The molecule has 0 unspecified atom stereocenters. The predicted molar refractivity (Wildman–Crippen MR) is 68.9 cm³/mol. The minimum Gasteiger partial charge on any atom is -0.502 e. The van der Waals surface area contributed by atoms with Crippen molar-refractivity contribution in [2.75, 3.05) is 13.2 Å². The van der Waals surface area contributed by atoms with E-state index >= 15 is 0 Å². The zero-order valence-electron chi connectivity index (χ0n) is 9.01. The fourth-order valence-electron chi connectivity index (χ4n) is 1.25. The summed E-state index contributed by atoms with van der Waals surface area (Å²) in [6.45, 7) is 5.78. The van der Waals surface area contributed by atoms with Crippen LogP contribution in [-0.2, 0) is 11.3 Å². The Morgan fingerprint density at radius 3 is 2.88 bits per heavy atom. The molecular formula is C12H15Cl2NO. The van der Waals surface area contributed by atoms with Crippen molar-refractivity contribution in [2.45, 2.75) is 13.0 Å². The van der Waals surface area contributed by atoms with Crippen molar-refractivity contribution in [3.8, 4) is 0 Å². The molecule has 1 aromatic carbocycles. The zero-order chi connectivity index (χ0) is 11.8. The topological polar surface area (TPSA) is 21.3 Å². The Kier molecular flexibility index (Phi) is 6.31. The van der Waals surface area contributed by atoms with Crippen LogP contribution in [0.2, 0.25) is 10.0 Å². The van der Waals surface area contributed by atoms with Gasteiger partial charge in [0.05, 0.1) is 12.9 Å². The van der Waals surface area contributed by atoms with Crippen molar-refractivity contribution >= 4 is 23.2 Å². The van der Waals surface area contributed by atoms with Crippen LogP contribution in [0.25, 0.3) is 0 Å². The number of ether oxygens (including phenoxy) is 1. The molecule has 0 saturated carbocycles. The summed E-state index contributed by atoms with van der Waals surface area (Å²) in [5.41, 5.74) is 1.05. The van der Waals surface area contributed by atoms with Crippen LogP contribution in [0, 0.1) is 0 Å². The van der Waals surface area contributed by atoms with Gasteiger partial charge in [-0.2, -0.15) is 0 Å². The van der Waals surface area contributed by atoms with Gasteiger partial charge in [0.1, 0.15) is 0 Å². The van der Waals surface area contributed by atoms with Gasteiger partial charge in [-0.25, -0.2) is 0 Å². The molecule has 4 heteroatoms. The van der Waals surface area contributed by atoms with E-state index in [1.165, 1.54) is 6.26 Å². The fraction of sp³-hybridized carbons (Fsp3) is 0.333. The molecule has 0 saturated heterocycles. The molecule has 1 N–H and O–H groups in total. The van der Waals surface area contributed by atoms with E-state index in [-0.39, 0.29) is 0 Å². The number of halogens is 2. The van der Waals surface area contributed by atoms with Gasteiger partial charge in [-0.3, -0.25) is 0 Å². The molecule has 0 aliphatic heterocycles. The summed E-state index contributed by atoms with van der Waals surface area (Å²) in [6.07, 6.45) is 2.40. The Labute approximate surface area is 106 Å². The first kappa shape index (κ1) is 13.4. The lowest BCUT2D eigenvalue weighted by Crippen LogP contribution is -2.16. The zero-order valence-corrected chi connectivity index (χ0v) is 10.5. The van der Waals surface area contributed by atoms with E-state index in [0.717, 1.165) is 25.1 Å². The molecule has 88 valence electrons. The number of benzene rings is 1. The maximum atomic E-state index is 6.03. The predicted octanol–water partition coefficient (Wildman–Crippen LogP) is 3.63. The highest BCUT2D eigenvalue weighted by Gasteiger charge is 2.00. The SMILES string of the molecule is C=COCCCNCc1ccc(Cl)cc1Cl. The molecule has 0 aliphatic carbocycles. The van der Waals surface area contributed by atoms with E-state index < -0.39 is 0 Å². The third kappa shape index (κ3) is 4.88. The first-order valence-corrected chi connectivity index (χ1v) is 5.87. The van der Waals surface area contributed by atoms with Crippen LogP contribution in [-0.4, -0.2) is 13.2 Å². The summed E-state index contributed by atoms with van der Waals surface area (Å²) < 4.78 is 5.01. The monoisotopic (exact) mass is 259 g/mol. The summed E-state index contributed by atoms with van der Waals surface area (Å²) >= 11 is 11.8. The second-order valence-electron chi connectivity index (χ2n) is 3.30. The molecule has 0 aromatic heterocycles. The molecule has 0 fully saturated rings. The highest BCUT2D eigenvalue weighted by molar-refractivity contribution is 6.35. The van der Waals surface area contributed by atoms with Crippen molar-refractivity contribution in [3.63, 3.8) is 0 Å². The van der Waals surface area contributed by atoms with Gasteiger partial charge in [-0.05, 0) is 30.7 Å². The molecule has 1 rings (SSSR count). The molecule has 0 radical (unpaired) electrons. The molecule has 0 bridgehead atoms. The molecule has 0 atom stereocenters. The Balaban J connectivity index is 2.24. The van der Waals surface area contributed by atoms with Gasteiger partial charge < -0.3 is 10.1 Å². The average molecular weight is 260 g/mol. The lowest BCUT2D eigenvalue weighted by molar-refractivity contribution is 0.244. The quantitative estimate of drug-likeness (QED) is 0.597. The third-order valence-electron chi connectivity index (χ3n) is 2.06. The molecule has 1 aromatic rings. The van der Waals surface area contributed by atoms with Crippen LogP contribution in [0.4, 0.5) is 0 Å². The summed E-state index contributed by atoms with van der Waals surface area (Å²) in [7, 11) is 0. The van der Waals surface area contributed by atoms with Crippen LogP contribution in [0.5, 0.6) is 0 Å². The third-order valence-corrected chi connectivity index (χ3v) is 2.65. The molecule has 0 aliphatic rings. The van der Waals surface area contributed by atoms with E-state index in [0.29, 0.717) is 16.7 Å². The second-order valence-corrected chi connectivity index (χ2v) is 4.15. The van der Waals surface area contributed by atoms with Crippen molar-refractivity contribution in [1.82, 2.24) is 5.32 Å². The summed E-state index contributed by atoms with van der Waals surface area (Å²) in [5, 5.41) is 4.64. The molecule has 0 heterocycles. The molecule has 0 spiro atoms. The van der Waals surface area contributed by atoms with Crippen LogP contribution >= 0.6 is 23.2 Å². The maximum absolute atomic E-state index is 6.03. The van der Waals surface area contributed by atoms with E-state index in [1.807, 2.05) is 12.1 Å². The van der Waals surface area contributed by atoms with E-state index in [4.69, 9.17) is 27.9 Å². The van der Waals surface area contributed by atoms with E-state index in [1.54, 1.807) is 6.07 Å². The van der Waals surface area contributed by atoms with Crippen molar-refractivity contribution in [1.29, 1.82) is 0 Å². The van der Waals surface area contributed by atoms with Crippen LogP contribution in [0.15, 0.2) is 31.0 Å². The van der Waals surface area contributed by atoms with Crippen molar-refractivity contribution < 1.29 is 4.74 Å². The highest BCUT2D eigenvalue weighted by Crippen LogP contribution is 2.20. The van der Waals surface area contributed by atoms with Crippen LogP contribution in [0.3, 0.4) is 0 Å². The minimum atomic E-state index is 0.660. The number of rotatable bonds is 7. The van der Waals surface area contributed by atoms with Crippen LogP contribution < -0.4 is 5.32 Å². The molecule has 0 amide bonds. The van der Waals surface area contributed by atoms with E-state index in [9.17, 15) is 0 Å². The molecular weight excluding hydrogens is 245 g/mol. The molecule has 2 nitrogen and oxygen atoms in total. The van der Waals surface area contributed by atoms with Gasteiger partial charge in [0.25, 0.3) is 0 Å². The van der Waals surface area contributed by atoms with Gasteiger partial charge in [0.15, 0.2) is 0 Å².